The molecule has 2 nitrogen and oxygen atoms in total. The Bertz CT molecular complexity index is 731. The third kappa shape index (κ3) is 3.75. The first-order valence-electron chi connectivity index (χ1n) is 6.46. The summed E-state index contributed by atoms with van der Waals surface area (Å²) in [5, 5.41) is 8.86. The van der Waals surface area contributed by atoms with Gasteiger partial charge in [-0.05, 0) is 47.9 Å². The van der Waals surface area contributed by atoms with Crippen molar-refractivity contribution in [3.05, 3.63) is 65.2 Å². The molecule has 0 aliphatic heterocycles. The molecule has 0 aromatic heterocycles. The van der Waals surface area contributed by atoms with E-state index in [2.05, 4.69) is 0 Å². The minimum absolute atomic E-state index is 0.154. The van der Waals surface area contributed by atoms with Gasteiger partial charge in [0.2, 0.25) is 0 Å². The molecule has 0 bridgehead atoms. The van der Waals surface area contributed by atoms with E-state index in [9.17, 15) is 18.0 Å². The smallest absolute Gasteiger partial charge is 0.416 e. The molecule has 22 heavy (non-hydrogen) atoms. The van der Waals surface area contributed by atoms with E-state index in [1.165, 1.54) is 19.1 Å². The summed E-state index contributed by atoms with van der Waals surface area (Å²) >= 11 is 0. The molecule has 114 valence electrons. The second kappa shape index (κ2) is 6.05. The highest BCUT2D eigenvalue weighted by atomic mass is 19.4. The molecule has 0 atom stereocenters. The normalized spacial score (nSPS) is 12.3. The van der Waals surface area contributed by atoms with Gasteiger partial charge in [0.15, 0.2) is 0 Å². The number of benzene rings is 2. The average Bonchev–Trinajstić information content (AvgIpc) is 2.46. The fraction of sp³-hybridized carbons (Fsp3) is 0.118. The van der Waals surface area contributed by atoms with Crippen LogP contribution in [0.2, 0.25) is 0 Å². The lowest BCUT2D eigenvalue weighted by molar-refractivity contribution is -0.137. The number of rotatable bonds is 3. The maximum Gasteiger partial charge on any atom is 0.416 e. The second-order valence-electron chi connectivity index (χ2n) is 4.84. The summed E-state index contributed by atoms with van der Waals surface area (Å²) in [7, 11) is 0. The van der Waals surface area contributed by atoms with Crippen LogP contribution in [0.4, 0.5) is 13.2 Å². The van der Waals surface area contributed by atoms with Gasteiger partial charge in [-0.3, -0.25) is 0 Å². The standard InChI is InChI=1S/C17H13F3O2/c1-11(16(21)22)8-12-4-2-5-13(9-12)14-6-3-7-15(10-14)17(18,19)20/h2-10H,1H3,(H,21,22)/b11-8+. The van der Waals surface area contributed by atoms with E-state index < -0.39 is 17.7 Å². The molecule has 2 rings (SSSR count). The Balaban J connectivity index is 2.42. The van der Waals surface area contributed by atoms with Gasteiger partial charge >= 0.3 is 12.1 Å². The summed E-state index contributed by atoms with van der Waals surface area (Å²) in [5.74, 6) is -1.04. The first-order chi connectivity index (χ1) is 10.3. The van der Waals surface area contributed by atoms with Crippen LogP contribution in [0.5, 0.6) is 0 Å². The summed E-state index contributed by atoms with van der Waals surface area (Å²) in [6.07, 6.45) is -2.92. The van der Waals surface area contributed by atoms with Crippen LogP contribution in [0.3, 0.4) is 0 Å². The Hall–Kier alpha value is -2.56. The third-order valence-electron chi connectivity index (χ3n) is 3.13. The fourth-order valence-corrected chi connectivity index (χ4v) is 1.99. The fourth-order valence-electron chi connectivity index (χ4n) is 1.99. The van der Waals surface area contributed by atoms with Crippen LogP contribution < -0.4 is 0 Å². The zero-order chi connectivity index (χ0) is 16.3. The van der Waals surface area contributed by atoms with E-state index in [1.807, 2.05) is 0 Å². The van der Waals surface area contributed by atoms with Gasteiger partial charge in [0, 0.05) is 5.57 Å². The van der Waals surface area contributed by atoms with Gasteiger partial charge in [0.05, 0.1) is 5.56 Å². The van der Waals surface area contributed by atoms with Crippen molar-refractivity contribution in [3.63, 3.8) is 0 Å². The molecule has 0 radical (unpaired) electrons. The van der Waals surface area contributed by atoms with E-state index >= 15 is 0 Å². The molecule has 0 heterocycles. The van der Waals surface area contributed by atoms with Gasteiger partial charge in [0.25, 0.3) is 0 Å². The molecule has 0 saturated carbocycles. The molecule has 1 N–H and O–H groups in total. The highest BCUT2D eigenvalue weighted by molar-refractivity contribution is 5.91. The van der Waals surface area contributed by atoms with Crippen molar-refractivity contribution in [2.75, 3.05) is 0 Å². The minimum Gasteiger partial charge on any atom is -0.478 e. The van der Waals surface area contributed by atoms with E-state index in [-0.39, 0.29) is 5.57 Å². The van der Waals surface area contributed by atoms with Crippen LogP contribution in [0.15, 0.2) is 54.1 Å². The Morgan fingerprint density at radius 2 is 1.64 bits per heavy atom. The van der Waals surface area contributed by atoms with Crippen molar-refractivity contribution in [1.82, 2.24) is 0 Å². The molecule has 5 heteroatoms. The lowest BCUT2D eigenvalue weighted by Gasteiger charge is -2.09. The highest BCUT2D eigenvalue weighted by Crippen LogP contribution is 2.32. The summed E-state index contributed by atoms with van der Waals surface area (Å²) in [6, 6.07) is 11.7. The van der Waals surface area contributed by atoms with Crippen LogP contribution in [-0.2, 0) is 11.0 Å². The number of hydrogen-bond acceptors (Lipinski definition) is 1. The number of alkyl halides is 3. The lowest BCUT2D eigenvalue weighted by Crippen LogP contribution is -2.04. The molecule has 0 aliphatic rings. The predicted octanol–water partition coefficient (Wildman–Crippen LogP) is 4.86. The maximum atomic E-state index is 12.7. The van der Waals surface area contributed by atoms with Crippen molar-refractivity contribution in [3.8, 4) is 11.1 Å². The molecule has 0 aliphatic carbocycles. The van der Waals surface area contributed by atoms with Gasteiger partial charge in [-0.1, -0.05) is 30.3 Å². The first-order valence-corrected chi connectivity index (χ1v) is 6.46. The van der Waals surface area contributed by atoms with Gasteiger partial charge in [-0.2, -0.15) is 13.2 Å². The van der Waals surface area contributed by atoms with Crippen LogP contribution in [0.1, 0.15) is 18.1 Å². The summed E-state index contributed by atoms with van der Waals surface area (Å²) in [4.78, 5) is 10.8. The van der Waals surface area contributed by atoms with Crippen molar-refractivity contribution in [1.29, 1.82) is 0 Å². The molecular weight excluding hydrogens is 293 g/mol. The largest absolute Gasteiger partial charge is 0.478 e. The Morgan fingerprint density at radius 1 is 1.05 bits per heavy atom. The number of carbonyl (C=O) groups is 1. The highest BCUT2D eigenvalue weighted by Gasteiger charge is 2.30. The number of halogens is 3. The minimum atomic E-state index is -4.40. The van der Waals surface area contributed by atoms with Crippen LogP contribution >= 0.6 is 0 Å². The zero-order valence-electron chi connectivity index (χ0n) is 11.7. The number of carboxylic acid groups (broad SMARTS) is 1. The van der Waals surface area contributed by atoms with Crippen molar-refractivity contribution >= 4 is 12.0 Å². The zero-order valence-corrected chi connectivity index (χ0v) is 11.7. The van der Waals surface area contributed by atoms with E-state index in [0.717, 1.165) is 12.1 Å². The monoisotopic (exact) mass is 306 g/mol. The summed E-state index contributed by atoms with van der Waals surface area (Å²) in [5.41, 5.74) is 1.08. The lowest BCUT2D eigenvalue weighted by atomic mass is 10.00. The predicted molar refractivity (Wildman–Crippen MR) is 78.2 cm³/mol. The number of carboxylic acids is 1. The molecule has 0 saturated heterocycles. The van der Waals surface area contributed by atoms with Crippen molar-refractivity contribution in [2.24, 2.45) is 0 Å². The van der Waals surface area contributed by atoms with Crippen LogP contribution in [-0.4, -0.2) is 11.1 Å². The summed E-state index contributed by atoms with van der Waals surface area (Å²) in [6.45, 7) is 1.46. The second-order valence-corrected chi connectivity index (χ2v) is 4.84. The molecule has 0 fully saturated rings. The van der Waals surface area contributed by atoms with Crippen molar-refractivity contribution < 1.29 is 23.1 Å². The Kier molecular flexibility index (Phi) is 4.35. The van der Waals surface area contributed by atoms with Gasteiger partial charge in [-0.25, -0.2) is 4.79 Å². The molecule has 2 aromatic carbocycles. The third-order valence-corrected chi connectivity index (χ3v) is 3.13. The summed E-state index contributed by atoms with van der Waals surface area (Å²) < 4.78 is 38.2. The molecule has 0 unspecified atom stereocenters. The van der Waals surface area contributed by atoms with Crippen molar-refractivity contribution in [2.45, 2.75) is 13.1 Å². The van der Waals surface area contributed by atoms with Crippen LogP contribution in [0.25, 0.3) is 17.2 Å². The van der Waals surface area contributed by atoms with Gasteiger partial charge in [-0.15, -0.1) is 0 Å². The molecule has 0 amide bonds. The molecule has 0 spiro atoms. The van der Waals surface area contributed by atoms with E-state index in [4.69, 9.17) is 5.11 Å². The van der Waals surface area contributed by atoms with Gasteiger partial charge < -0.3 is 5.11 Å². The first kappa shape index (κ1) is 15.8. The number of aliphatic carboxylic acids is 1. The van der Waals surface area contributed by atoms with Gasteiger partial charge in [0.1, 0.15) is 0 Å². The SMILES string of the molecule is C/C(=C\c1cccc(-c2cccc(C(F)(F)F)c2)c1)C(=O)O. The average molecular weight is 306 g/mol. The number of hydrogen-bond donors (Lipinski definition) is 1. The molecular formula is C17H13F3O2. The maximum absolute atomic E-state index is 12.7. The van der Waals surface area contributed by atoms with Crippen LogP contribution in [0, 0.1) is 0 Å². The quantitative estimate of drug-likeness (QED) is 0.822. The Morgan fingerprint density at radius 3 is 2.23 bits per heavy atom. The topological polar surface area (TPSA) is 37.3 Å². The molecule has 2 aromatic rings. The van der Waals surface area contributed by atoms with E-state index in [1.54, 1.807) is 30.3 Å². The Labute approximate surface area is 125 Å². The van der Waals surface area contributed by atoms with E-state index in [0.29, 0.717) is 16.7 Å².